The molecule has 0 N–H and O–H groups in total. The Hall–Kier alpha value is -3.06. The molecular formula is C24H27F2N3O2. The van der Waals surface area contributed by atoms with Crippen molar-refractivity contribution in [1.82, 2.24) is 0 Å². The highest BCUT2D eigenvalue weighted by Crippen LogP contribution is 2.26. The number of aldehydes is 1. The van der Waals surface area contributed by atoms with E-state index in [2.05, 4.69) is 4.99 Å². The van der Waals surface area contributed by atoms with Gasteiger partial charge in [0, 0.05) is 37.9 Å². The minimum atomic E-state index is -0.309. The number of morpholine rings is 1. The number of halogens is 2. The van der Waals surface area contributed by atoms with E-state index in [1.807, 2.05) is 24.1 Å². The molecular weight excluding hydrogens is 400 g/mol. The average Bonchev–Trinajstić information content (AvgIpc) is 2.77. The highest BCUT2D eigenvalue weighted by Gasteiger charge is 2.17. The Kier molecular flexibility index (Phi) is 7.89. The zero-order chi connectivity index (χ0) is 22.2. The lowest BCUT2D eigenvalue weighted by molar-refractivity contribution is -0.104. The zero-order valence-electron chi connectivity index (χ0n) is 17.9. The molecule has 5 nitrogen and oxygen atoms in total. The summed E-state index contributed by atoms with van der Waals surface area (Å²) in [7, 11) is 1.81. The SMILES string of the molecule is CC(=C/C=O)/N=C(/CCc1cccc(F)c1)N(C)c1ccc(N2CCOCC2)c(F)c1. The van der Waals surface area contributed by atoms with Gasteiger partial charge in [0.05, 0.1) is 18.9 Å². The van der Waals surface area contributed by atoms with Crippen LogP contribution in [0.4, 0.5) is 20.2 Å². The number of rotatable bonds is 7. The molecule has 7 heteroatoms. The number of aryl methyl sites for hydroxylation is 1. The van der Waals surface area contributed by atoms with Crippen molar-refractivity contribution in [3.63, 3.8) is 0 Å². The van der Waals surface area contributed by atoms with Gasteiger partial charge in [-0.15, -0.1) is 0 Å². The first-order chi connectivity index (χ1) is 15.0. The minimum absolute atomic E-state index is 0.290. The molecule has 1 heterocycles. The molecule has 0 radical (unpaired) electrons. The van der Waals surface area contributed by atoms with Gasteiger partial charge in [0.25, 0.3) is 0 Å². The molecule has 0 saturated carbocycles. The highest BCUT2D eigenvalue weighted by atomic mass is 19.1. The van der Waals surface area contributed by atoms with Gasteiger partial charge in [-0.25, -0.2) is 13.8 Å². The van der Waals surface area contributed by atoms with Crippen LogP contribution in [0.15, 0.2) is 59.2 Å². The van der Waals surface area contributed by atoms with Crippen molar-refractivity contribution in [2.75, 3.05) is 43.2 Å². The molecule has 0 spiro atoms. The molecule has 0 aliphatic carbocycles. The first-order valence-electron chi connectivity index (χ1n) is 10.3. The van der Waals surface area contributed by atoms with E-state index in [4.69, 9.17) is 4.74 Å². The van der Waals surface area contributed by atoms with Gasteiger partial charge < -0.3 is 14.5 Å². The van der Waals surface area contributed by atoms with Crippen LogP contribution >= 0.6 is 0 Å². The van der Waals surface area contributed by atoms with E-state index < -0.39 is 0 Å². The number of benzene rings is 2. The van der Waals surface area contributed by atoms with Gasteiger partial charge in [-0.2, -0.15) is 0 Å². The van der Waals surface area contributed by atoms with Gasteiger partial charge in [-0.05, 0) is 55.3 Å². The monoisotopic (exact) mass is 427 g/mol. The second-order valence-corrected chi connectivity index (χ2v) is 7.40. The summed E-state index contributed by atoms with van der Waals surface area (Å²) in [6.45, 7) is 4.21. The zero-order valence-corrected chi connectivity index (χ0v) is 17.9. The minimum Gasteiger partial charge on any atom is -0.378 e. The normalized spacial score (nSPS) is 15.2. The Morgan fingerprint density at radius 3 is 2.65 bits per heavy atom. The van der Waals surface area contributed by atoms with E-state index in [-0.39, 0.29) is 11.6 Å². The molecule has 3 rings (SSSR count). The van der Waals surface area contributed by atoms with Crippen molar-refractivity contribution in [2.24, 2.45) is 4.99 Å². The van der Waals surface area contributed by atoms with E-state index >= 15 is 0 Å². The van der Waals surface area contributed by atoms with Crippen molar-refractivity contribution in [2.45, 2.75) is 19.8 Å². The fraction of sp³-hybridized carbons (Fsp3) is 0.333. The quantitative estimate of drug-likeness (QED) is 0.285. The number of aliphatic imine (C=N–C) groups is 1. The standard InChI is InChI=1S/C24H27F2N3O2/c1-18(10-13-30)27-24(9-6-19-4-3-5-20(25)16-19)28(2)21-7-8-23(22(26)17-21)29-11-14-31-15-12-29/h3-5,7-8,10,13,16-17H,6,9,11-12,14-15H2,1-2H3/b18-10-,27-24-. The third-order valence-corrected chi connectivity index (χ3v) is 5.20. The molecule has 31 heavy (non-hydrogen) atoms. The third-order valence-electron chi connectivity index (χ3n) is 5.20. The van der Waals surface area contributed by atoms with Crippen LogP contribution < -0.4 is 9.80 Å². The van der Waals surface area contributed by atoms with Gasteiger partial charge in [-0.3, -0.25) is 4.79 Å². The number of allylic oxidation sites excluding steroid dienone is 2. The lowest BCUT2D eigenvalue weighted by atomic mass is 10.1. The summed E-state index contributed by atoms with van der Waals surface area (Å²) in [5, 5.41) is 0. The number of amidine groups is 1. The van der Waals surface area contributed by atoms with Gasteiger partial charge in [0.1, 0.15) is 23.8 Å². The van der Waals surface area contributed by atoms with Crippen molar-refractivity contribution in [1.29, 1.82) is 0 Å². The predicted molar refractivity (Wildman–Crippen MR) is 120 cm³/mol. The Bertz CT molecular complexity index is 969. The highest BCUT2D eigenvalue weighted by molar-refractivity contribution is 5.98. The van der Waals surface area contributed by atoms with Crippen molar-refractivity contribution in [3.8, 4) is 0 Å². The molecule has 2 aromatic rings. The largest absolute Gasteiger partial charge is 0.378 e. The number of hydrogen-bond acceptors (Lipinski definition) is 4. The number of nitrogens with zero attached hydrogens (tertiary/aromatic N) is 3. The molecule has 0 aromatic heterocycles. The number of carbonyl (C=O) groups is 1. The predicted octanol–water partition coefficient (Wildman–Crippen LogP) is 4.37. The molecule has 2 aromatic carbocycles. The Labute approximate surface area is 181 Å². The molecule has 1 aliphatic heterocycles. The molecule has 164 valence electrons. The molecule has 0 amide bonds. The maximum absolute atomic E-state index is 14.9. The lowest BCUT2D eigenvalue weighted by Gasteiger charge is -2.30. The van der Waals surface area contributed by atoms with Crippen molar-refractivity contribution in [3.05, 3.63) is 71.4 Å². The van der Waals surface area contributed by atoms with Crippen LogP contribution in [0.3, 0.4) is 0 Å². The molecule has 1 aliphatic rings. The van der Waals surface area contributed by atoms with Gasteiger partial charge >= 0.3 is 0 Å². The fourth-order valence-electron chi connectivity index (χ4n) is 3.50. The second kappa shape index (κ2) is 10.8. The summed E-state index contributed by atoms with van der Waals surface area (Å²) in [5.41, 5.74) is 2.58. The summed E-state index contributed by atoms with van der Waals surface area (Å²) >= 11 is 0. The molecule has 1 saturated heterocycles. The first kappa shape index (κ1) is 22.6. The van der Waals surface area contributed by atoms with E-state index in [1.54, 1.807) is 24.0 Å². The van der Waals surface area contributed by atoms with Crippen molar-refractivity contribution < 1.29 is 18.3 Å². The van der Waals surface area contributed by atoms with Crippen LogP contribution in [0.2, 0.25) is 0 Å². The number of ether oxygens (including phenoxy) is 1. The van der Waals surface area contributed by atoms with Crippen LogP contribution in [-0.4, -0.2) is 45.5 Å². The summed E-state index contributed by atoms with van der Waals surface area (Å²) in [6.07, 6.45) is 3.11. The molecule has 0 bridgehead atoms. The smallest absolute Gasteiger partial charge is 0.148 e. The number of anilines is 2. The number of carbonyl (C=O) groups excluding carboxylic acids is 1. The summed E-state index contributed by atoms with van der Waals surface area (Å²) < 4.78 is 33.7. The average molecular weight is 427 g/mol. The maximum Gasteiger partial charge on any atom is 0.148 e. The maximum atomic E-state index is 14.9. The van der Waals surface area contributed by atoms with E-state index in [0.717, 1.165) is 5.56 Å². The van der Waals surface area contributed by atoms with E-state index in [1.165, 1.54) is 24.3 Å². The first-order valence-corrected chi connectivity index (χ1v) is 10.3. The van der Waals surface area contributed by atoms with Crippen LogP contribution in [0.5, 0.6) is 0 Å². The Balaban J connectivity index is 1.83. The second-order valence-electron chi connectivity index (χ2n) is 7.40. The summed E-state index contributed by atoms with van der Waals surface area (Å²) in [4.78, 5) is 19.1. The van der Waals surface area contributed by atoms with Crippen LogP contribution in [0.25, 0.3) is 0 Å². The Morgan fingerprint density at radius 2 is 1.97 bits per heavy atom. The molecule has 0 atom stereocenters. The van der Waals surface area contributed by atoms with Crippen LogP contribution in [-0.2, 0) is 16.0 Å². The third kappa shape index (κ3) is 6.21. The molecule has 1 fully saturated rings. The summed E-state index contributed by atoms with van der Waals surface area (Å²) in [6, 6.07) is 11.5. The van der Waals surface area contributed by atoms with Crippen molar-refractivity contribution >= 4 is 23.5 Å². The Morgan fingerprint density at radius 1 is 1.19 bits per heavy atom. The van der Waals surface area contributed by atoms with Gasteiger partial charge in [0.15, 0.2) is 0 Å². The lowest BCUT2D eigenvalue weighted by Crippen LogP contribution is -2.36. The van der Waals surface area contributed by atoms with Crippen LogP contribution in [0, 0.1) is 11.6 Å². The fourth-order valence-corrected chi connectivity index (χ4v) is 3.50. The molecule has 0 unspecified atom stereocenters. The van der Waals surface area contributed by atoms with E-state index in [9.17, 15) is 13.6 Å². The van der Waals surface area contributed by atoms with Crippen LogP contribution in [0.1, 0.15) is 18.9 Å². The summed E-state index contributed by atoms with van der Waals surface area (Å²) in [5.74, 6) is 0.0522. The number of hydrogen-bond donors (Lipinski definition) is 0. The van der Waals surface area contributed by atoms with Gasteiger partial charge in [0.2, 0.25) is 0 Å². The van der Waals surface area contributed by atoms with E-state index in [0.29, 0.717) is 68.3 Å². The topological polar surface area (TPSA) is 45.1 Å². The van der Waals surface area contributed by atoms with Gasteiger partial charge in [-0.1, -0.05) is 12.1 Å².